The van der Waals surface area contributed by atoms with Gasteiger partial charge in [-0.3, -0.25) is 4.79 Å². The third-order valence-corrected chi connectivity index (χ3v) is 5.05. The minimum Gasteiger partial charge on any atom is -0.338 e. The van der Waals surface area contributed by atoms with Gasteiger partial charge in [-0.2, -0.15) is 4.80 Å². The molecule has 3 aromatic rings. The molecule has 7 heteroatoms. The molecule has 1 fully saturated rings. The summed E-state index contributed by atoms with van der Waals surface area (Å²) in [4.78, 5) is 16.2. The summed E-state index contributed by atoms with van der Waals surface area (Å²) in [5.74, 6) is 1.04. The first-order chi connectivity index (χ1) is 14.2. The Morgan fingerprint density at radius 3 is 2.59 bits per heavy atom. The minimum absolute atomic E-state index is 0.115. The Balaban J connectivity index is 1.31. The van der Waals surface area contributed by atoms with Crippen molar-refractivity contribution in [3.63, 3.8) is 0 Å². The van der Waals surface area contributed by atoms with Crippen molar-refractivity contribution in [1.29, 1.82) is 0 Å². The molecule has 1 aromatic heterocycles. The number of nitrogens with zero attached hydrogens (tertiary/aromatic N) is 5. The van der Waals surface area contributed by atoms with Gasteiger partial charge in [0, 0.05) is 25.1 Å². The second-order valence-corrected chi connectivity index (χ2v) is 7.52. The van der Waals surface area contributed by atoms with Crippen LogP contribution in [0.15, 0.2) is 54.6 Å². The first kappa shape index (κ1) is 19.2. The molecule has 6 nitrogen and oxygen atoms in total. The molecule has 1 aliphatic rings. The molecule has 1 aliphatic carbocycles. The molecule has 0 aliphatic heterocycles. The fraction of sp³-hybridized carbons (Fsp3) is 0.364. The van der Waals surface area contributed by atoms with Gasteiger partial charge in [0.2, 0.25) is 11.7 Å². The molecule has 0 bridgehead atoms. The Morgan fingerprint density at radius 1 is 1.10 bits per heavy atom. The Kier molecular flexibility index (Phi) is 5.93. The average Bonchev–Trinajstić information content (AvgIpc) is 3.44. The molecule has 0 radical (unpaired) electrons. The van der Waals surface area contributed by atoms with E-state index in [1.165, 1.54) is 25.0 Å². The molecule has 0 atom stereocenters. The monoisotopic (exact) mass is 393 g/mol. The van der Waals surface area contributed by atoms with E-state index in [1.54, 1.807) is 16.9 Å². The normalized spacial score (nSPS) is 13.4. The summed E-state index contributed by atoms with van der Waals surface area (Å²) < 4.78 is 13.1. The lowest BCUT2D eigenvalue weighted by molar-refractivity contribution is -0.132. The molecule has 29 heavy (non-hydrogen) atoms. The molecule has 1 saturated carbocycles. The van der Waals surface area contributed by atoms with Crippen LogP contribution >= 0.6 is 0 Å². The van der Waals surface area contributed by atoms with E-state index < -0.39 is 0 Å². The van der Waals surface area contributed by atoms with Crippen molar-refractivity contribution >= 4 is 5.91 Å². The zero-order valence-electron chi connectivity index (χ0n) is 16.2. The van der Waals surface area contributed by atoms with Gasteiger partial charge in [-0.1, -0.05) is 42.5 Å². The highest BCUT2D eigenvalue weighted by Gasteiger charge is 2.26. The van der Waals surface area contributed by atoms with Crippen molar-refractivity contribution in [2.45, 2.75) is 38.8 Å². The van der Waals surface area contributed by atoms with E-state index in [9.17, 15) is 9.18 Å². The topological polar surface area (TPSA) is 63.9 Å². The Labute approximate surface area is 169 Å². The lowest BCUT2D eigenvalue weighted by atomic mass is 10.2. The SMILES string of the molecule is O=C(CCCn1nnc(-c2ccccc2)n1)N(Cc1ccc(F)cc1)CC1CC1. The molecule has 0 N–H and O–H groups in total. The van der Waals surface area contributed by atoms with Gasteiger partial charge in [0.15, 0.2) is 0 Å². The average molecular weight is 393 g/mol. The minimum atomic E-state index is -0.260. The number of halogens is 1. The zero-order chi connectivity index (χ0) is 20.1. The third kappa shape index (κ3) is 5.47. The molecule has 0 unspecified atom stereocenters. The predicted octanol–water partition coefficient (Wildman–Crippen LogP) is 3.70. The maximum Gasteiger partial charge on any atom is 0.222 e. The maximum atomic E-state index is 13.1. The first-order valence-electron chi connectivity index (χ1n) is 10.0. The van der Waals surface area contributed by atoms with E-state index in [-0.39, 0.29) is 11.7 Å². The fourth-order valence-electron chi connectivity index (χ4n) is 3.25. The number of hydrogen-bond donors (Lipinski definition) is 0. The lowest BCUT2D eigenvalue weighted by Crippen LogP contribution is -2.32. The largest absolute Gasteiger partial charge is 0.338 e. The number of carbonyl (C=O) groups is 1. The van der Waals surface area contributed by atoms with Gasteiger partial charge in [0.05, 0.1) is 6.54 Å². The van der Waals surface area contributed by atoms with Gasteiger partial charge in [-0.25, -0.2) is 4.39 Å². The standard InChI is InChI=1S/C22H24FN5O/c23-20-12-10-18(11-13-20)16-27(15-17-8-9-17)21(29)7-4-14-28-25-22(24-26-28)19-5-2-1-3-6-19/h1-3,5-6,10-13,17H,4,7-9,14-16H2. The van der Waals surface area contributed by atoms with Gasteiger partial charge in [-0.05, 0) is 48.1 Å². The van der Waals surface area contributed by atoms with Crippen molar-refractivity contribution in [3.05, 3.63) is 66.0 Å². The van der Waals surface area contributed by atoms with Gasteiger partial charge in [-0.15, -0.1) is 10.2 Å². The summed E-state index contributed by atoms with van der Waals surface area (Å²) >= 11 is 0. The summed E-state index contributed by atoms with van der Waals surface area (Å²) in [5, 5.41) is 12.6. The Morgan fingerprint density at radius 2 is 1.86 bits per heavy atom. The molecule has 0 spiro atoms. The van der Waals surface area contributed by atoms with Crippen LogP contribution in [-0.2, 0) is 17.9 Å². The number of tetrazole rings is 1. The van der Waals surface area contributed by atoms with Gasteiger partial charge in [0.25, 0.3) is 0 Å². The van der Waals surface area contributed by atoms with Crippen molar-refractivity contribution in [2.24, 2.45) is 5.92 Å². The van der Waals surface area contributed by atoms with Crippen LogP contribution in [0.4, 0.5) is 4.39 Å². The molecule has 4 rings (SSSR count). The molecule has 1 amide bonds. The van der Waals surface area contributed by atoms with E-state index in [4.69, 9.17) is 0 Å². The van der Waals surface area contributed by atoms with Gasteiger partial charge >= 0.3 is 0 Å². The van der Waals surface area contributed by atoms with Crippen LogP contribution in [0.5, 0.6) is 0 Å². The number of amides is 1. The zero-order valence-corrected chi connectivity index (χ0v) is 16.2. The van der Waals surface area contributed by atoms with Crippen LogP contribution in [-0.4, -0.2) is 37.6 Å². The molecule has 2 aromatic carbocycles. The second-order valence-electron chi connectivity index (χ2n) is 7.52. The van der Waals surface area contributed by atoms with Crippen molar-refractivity contribution in [3.8, 4) is 11.4 Å². The van der Waals surface area contributed by atoms with E-state index in [0.29, 0.717) is 37.7 Å². The number of aryl methyl sites for hydroxylation is 1. The van der Waals surface area contributed by atoms with Gasteiger partial charge < -0.3 is 4.90 Å². The quantitative estimate of drug-likeness (QED) is 0.556. The van der Waals surface area contributed by atoms with Crippen molar-refractivity contribution < 1.29 is 9.18 Å². The number of aromatic nitrogens is 4. The van der Waals surface area contributed by atoms with E-state index in [2.05, 4.69) is 15.4 Å². The highest BCUT2D eigenvalue weighted by molar-refractivity contribution is 5.76. The van der Waals surface area contributed by atoms with E-state index in [0.717, 1.165) is 17.7 Å². The van der Waals surface area contributed by atoms with Crippen LogP contribution in [0, 0.1) is 11.7 Å². The molecule has 1 heterocycles. The number of benzene rings is 2. The summed E-state index contributed by atoms with van der Waals surface area (Å²) in [6.07, 6.45) is 3.43. The summed E-state index contributed by atoms with van der Waals surface area (Å²) in [6, 6.07) is 16.1. The van der Waals surface area contributed by atoms with E-state index in [1.807, 2.05) is 35.2 Å². The van der Waals surface area contributed by atoms with Gasteiger partial charge in [0.1, 0.15) is 5.82 Å². The fourth-order valence-corrected chi connectivity index (χ4v) is 3.25. The van der Waals surface area contributed by atoms with Crippen molar-refractivity contribution in [2.75, 3.05) is 6.54 Å². The summed E-state index contributed by atoms with van der Waals surface area (Å²) in [7, 11) is 0. The number of hydrogen-bond acceptors (Lipinski definition) is 4. The molecular formula is C22H24FN5O. The number of carbonyl (C=O) groups excluding carboxylic acids is 1. The summed E-state index contributed by atoms with van der Waals surface area (Å²) in [5.41, 5.74) is 1.87. The third-order valence-electron chi connectivity index (χ3n) is 5.05. The predicted molar refractivity (Wildman–Crippen MR) is 107 cm³/mol. The maximum absolute atomic E-state index is 13.1. The van der Waals surface area contributed by atoms with Crippen LogP contribution in [0.25, 0.3) is 11.4 Å². The molecule has 150 valence electrons. The lowest BCUT2D eigenvalue weighted by Gasteiger charge is -2.23. The highest BCUT2D eigenvalue weighted by atomic mass is 19.1. The first-order valence-corrected chi connectivity index (χ1v) is 10.0. The molecule has 0 saturated heterocycles. The van der Waals surface area contributed by atoms with Crippen molar-refractivity contribution in [1.82, 2.24) is 25.1 Å². The second kappa shape index (κ2) is 8.94. The summed E-state index contributed by atoms with van der Waals surface area (Å²) in [6.45, 7) is 1.84. The van der Waals surface area contributed by atoms with Crippen LogP contribution in [0.3, 0.4) is 0 Å². The highest BCUT2D eigenvalue weighted by Crippen LogP contribution is 2.30. The smallest absolute Gasteiger partial charge is 0.222 e. The van der Waals surface area contributed by atoms with Crippen LogP contribution < -0.4 is 0 Å². The Bertz CT molecular complexity index is 937. The molecular weight excluding hydrogens is 369 g/mol. The Hall–Kier alpha value is -3.09. The number of rotatable bonds is 9. The van der Waals surface area contributed by atoms with Crippen LogP contribution in [0.1, 0.15) is 31.2 Å². The van der Waals surface area contributed by atoms with Crippen LogP contribution in [0.2, 0.25) is 0 Å². The van der Waals surface area contributed by atoms with E-state index >= 15 is 0 Å².